The number of thiazole rings is 1. The summed E-state index contributed by atoms with van der Waals surface area (Å²) in [6.07, 6.45) is 2.93. The molecule has 1 aliphatic heterocycles. The third kappa shape index (κ3) is 3.23. The number of carbonyl (C=O) groups excluding carboxylic acids is 1. The van der Waals surface area contributed by atoms with Crippen molar-refractivity contribution in [2.24, 2.45) is 0 Å². The lowest BCUT2D eigenvalue weighted by atomic mass is 10.2. The van der Waals surface area contributed by atoms with E-state index in [4.69, 9.17) is 0 Å². The number of amides is 1. The van der Waals surface area contributed by atoms with Crippen molar-refractivity contribution in [3.8, 4) is 0 Å². The molecule has 1 atom stereocenters. The van der Waals surface area contributed by atoms with Gasteiger partial charge in [-0.25, -0.2) is 0 Å². The first kappa shape index (κ1) is 13.3. The number of benzene rings is 1. The summed E-state index contributed by atoms with van der Waals surface area (Å²) in [6, 6.07) is 9.64. The summed E-state index contributed by atoms with van der Waals surface area (Å²) in [4.78, 5) is 19.8. The molecule has 0 aliphatic carbocycles. The minimum absolute atomic E-state index is 0.0234. The molecule has 0 saturated carbocycles. The Bertz CT molecular complexity index is 556. The van der Waals surface area contributed by atoms with Crippen LogP contribution in [-0.4, -0.2) is 34.9 Å². The number of nitrogens with one attached hydrogen (secondary N) is 1. The summed E-state index contributed by atoms with van der Waals surface area (Å²) >= 11 is 1.68. The normalized spacial score (nSPS) is 19.1. The minimum Gasteiger partial charge on any atom is -0.348 e. The number of nitrogens with zero attached hydrogens (tertiary/aromatic N) is 2. The maximum absolute atomic E-state index is 12.1. The van der Waals surface area contributed by atoms with Crippen LogP contribution in [0.2, 0.25) is 0 Å². The third-order valence-electron chi connectivity index (χ3n) is 3.51. The second kappa shape index (κ2) is 6.15. The zero-order chi connectivity index (χ0) is 13.8. The molecule has 1 fully saturated rings. The molecular formula is C15H17N3OS. The Hall–Kier alpha value is -1.72. The Kier molecular flexibility index (Phi) is 4.08. The average Bonchev–Trinajstić information content (AvgIpc) is 3.12. The highest BCUT2D eigenvalue weighted by Crippen LogP contribution is 2.16. The molecular weight excluding hydrogens is 270 g/mol. The fourth-order valence-electron chi connectivity index (χ4n) is 2.49. The molecule has 1 amide bonds. The van der Waals surface area contributed by atoms with E-state index in [9.17, 15) is 4.79 Å². The van der Waals surface area contributed by atoms with E-state index in [2.05, 4.69) is 15.2 Å². The van der Waals surface area contributed by atoms with Crippen LogP contribution in [0.3, 0.4) is 0 Å². The van der Waals surface area contributed by atoms with E-state index in [0.29, 0.717) is 0 Å². The van der Waals surface area contributed by atoms with E-state index in [0.717, 1.165) is 31.6 Å². The van der Waals surface area contributed by atoms with Gasteiger partial charge in [0, 0.05) is 42.3 Å². The zero-order valence-electron chi connectivity index (χ0n) is 11.2. The summed E-state index contributed by atoms with van der Waals surface area (Å²) in [6.45, 7) is 2.87. The third-order valence-corrected chi connectivity index (χ3v) is 4.27. The summed E-state index contributed by atoms with van der Waals surface area (Å²) < 4.78 is 0. The van der Waals surface area contributed by atoms with Crippen molar-refractivity contribution in [2.45, 2.75) is 19.0 Å². The number of likely N-dealkylation sites (tertiary alicyclic amines) is 1. The van der Waals surface area contributed by atoms with Gasteiger partial charge < -0.3 is 5.32 Å². The first-order valence-corrected chi connectivity index (χ1v) is 7.65. The molecule has 2 aromatic rings. The number of rotatable bonds is 4. The van der Waals surface area contributed by atoms with E-state index in [1.807, 2.05) is 42.0 Å². The molecule has 2 heterocycles. The second-order valence-corrected chi connectivity index (χ2v) is 6.00. The van der Waals surface area contributed by atoms with Crippen LogP contribution in [0.5, 0.6) is 0 Å². The van der Waals surface area contributed by atoms with Gasteiger partial charge in [-0.05, 0) is 18.6 Å². The number of carbonyl (C=O) groups is 1. The highest BCUT2D eigenvalue weighted by molar-refractivity contribution is 7.09. The van der Waals surface area contributed by atoms with Gasteiger partial charge in [-0.3, -0.25) is 14.7 Å². The summed E-state index contributed by atoms with van der Waals surface area (Å²) in [7, 11) is 0. The van der Waals surface area contributed by atoms with Crippen LogP contribution in [0.15, 0.2) is 42.0 Å². The van der Waals surface area contributed by atoms with Crippen LogP contribution in [-0.2, 0) is 6.54 Å². The fourth-order valence-corrected chi connectivity index (χ4v) is 3.13. The van der Waals surface area contributed by atoms with E-state index in [1.165, 1.54) is 4.88 Å². The Balaban J connectivity index is 1.52. The molecule has 1 aromatic carbocycles. The van der Waals surface area contributed by atoms with Gasteiger partial charge in [-0.2, -0.15) is 0 Å². The average molecular weight is 287 g/mol. The van der Waals surface area contributed by atoms with Crippen LogP contribution in [0.4, 0.5) is 0 Å². The van der Waals surface area contributed by atoms with E-state index >= 15 is 0 Å². The fraction of sp³-hybridized carbons (Fsp3) is 0.333. The van der Waals surface area contributed by atoms with E-state index in [-0.39, 0.29) is 11.9 Å². The van der Waals surface area contributed by atoms with Crippen molar-refractivity contribution in [1.29, 1.82) is 0 Å². The lowest BCUT2D eigenvalue weighted by Crippen LogP contribution is -2.36. The van der Waals surface area contributed by atoms with Gasteiger partial charge >= 0.3 is 0 Å². The Morgan fingerprint density at radius 2 is 2.25 bits per heavy atom. The number of hydrogen-bond acceptors (Lipinski definition) is 4. The standard InChI is InChI=1S/C15H17N3OS/c19-15(12-4-2-1-3-5-12)17-13-6-7-18(9-13)10-14-8-16-11-20-14/h1-5,8,11,13H,6-7,9-10H2,(H,17,19)/t13-/m0/s1. The topological polar surface area (TPSA) is 45.2 Å². The van der Waals surface area contributed by atoms with Gasteiger partial charge in [0.2, 0.25) is 0 Å². The smallest absolute Gasteiger partial charge is 0.251 e. The monoisotopic (exact) mass is 287 g/mol. The van der Waals surface area contributed by atoms with Gasteiger partial charge in [-0.1, -0.05) is 18.2 Å². The van der Waals surface area contributed by atoms with Crippen LogP contribution in [0.1, 0.15) is 21.7 Å². The molecule has 3 rings (SSSR count). The van der Waals surface area contributed by atoms with E-state index in [1.54, 1.807) is 11.3 Å². The lowest BCUT2D eigenvalue weighted by Gasteiger charge is -2.15. The molecule has 0 spiro atoms. The second-order valence-electron chi connectivity index (χ2n) is 5.03. The largest absolute Gasteiger partial charge is 0.348 e. The SMILES string of the molecule is O=C(N[C@H]1CCN(Cc2cncs2)C1)c1ccccc1. The first-order valence-electron chi connectivity index (χ1n) is 6.77. The van der Waals surface area contributed by atoms with Gasteiger partial charge in [0.25, 0.3) is 5.91 Å². The summed E-state index contributed by atoms with van der Waals surface area (Å²) in [5, 5.41) is 3.11. The molecule has 1 N–H and O–H groups in total. The molecule has 1 aliphatic rings. The molecule has 0 bridgehead atoms. The molecule has 4 nitrogen and oxygen atoms in total. The zero-order valence-corrected chi connectivity index (χ0v) is 12.0. The quantitative estimate of drug-likeness (QED) is 0.937. The maximum Gasteiger partial charge on any atom is 0.251 e. The van der Waals surface area contributed by atoms with Gasteiger partial charge in [0.05, 0.1) is 5.51 Å². The Morgan fingerprint density at radius 1 is 1.40 bits per heavy atom. The predicted molar refractivity (Wildman–Crippen MR) is 79.7 cm³/mol. The molecule has 5 heteroatoms. The molecule has 20 heavy (non-hydrogen) atoms. The van der Waals surface area contributed by atoms with Crippen LogP contribution in [0, 0.1) is 0 Å². The Morgan fingerprint density at radius 3 is 3.00 bits per heavy atom. The van der Waals surface area contributed by atoms with Gasteiger partial charge in [0.1, 0.15) is 0 Å². The van der Waals surface area contributed by atoms with Crippen molar-refractivity contribution < 1.29 is 4.79 Å². The van der Waals surface area contributed by atoms with Crippen LogP contribution < -0.4 is 5.32 Å². The maximum atomic E-state index is 12.1. The van der Waals surface area contributed by atoms with Crippen molar-refractivity contribution in [2.75, 3.05) is 13.1 Å². The van der Waals surface area contributed by atoms with Crippen LogP contribution >= 0.6 is 11.3 Å². The predicted octanol–water partition coefficient (Wildman–Crippen LogP) is 2.15. The van der Waals surface area contributed by atoms with Crippen molar-refractivity contribution in [1.82, 2.24) is 15.2 Å². The van der Waals surface area contributed by atoms with Crippen LogP contribution in [0.25, 0.3) is 0 Å². The summed E-state index contributed by atoms with van der Waals surface area (Å²) in [5.41, 5.74) is 2.59. The molecule has 104 valence electrons. The Labute approximate surface area is 122 Å². The van der Waals surface area contributed by atoms with Crippen molar-refractivity contribution in [3.63, 3.8) is 0 Å². The minimum atomic E-state index is 0.0234. The van der Waals surface area contributed by atoms with E-state index < -0.39 is 0 Å². The molecule has 1 saturated heterocycles. The molecule has 0 unspecified atom stereocenters. The highest BCUT2D eigenvalue weighted by atomic mass is 32.1. The highest BCUT2D eigenvalue weighted by Gasteiger charge is 2.24. The number of hydrogen-bond donors (Lipinski definition) is 1. The van der Waals surface area contributed by atoms with Gasteiger partial charge in [0.15, 0.2) is 0 Å². The summed E-state index contributed by atoms with van der Waals surface area (Å²) in [5.74, 6) is 0.0234. The lowest BCUT2D eigenvalue weighted by molar-refractivity contribution is 0.0937. The van der Waals surface area contributed by atoms with Crippen molar-refractivity contribution in [3.05, 3.63) is 52.5 Å². The first-order chi connectivity index (χ1) is 9.81. The molecule has 0 radical (unpaired) electrons. The van der Waals surface area contributed by atoms with Crippen molar-refractivity contribution >= 4 is 17.2 Å². The molecule has 1 aromatic heterocycles. The number of aromatic nitrogens is 1. The van der Waals surface area contributed by atoms with Gasteiger partial charge in [-0.15, -0.1) is 11.3 Å².